The Kier molecular flexibility index (Phi) is 7.13. The van der Waals surface area contributed by atoms with E-state index in [0.29, 0.717) is 17.4 Å². The van der Waals surface area contributed by atoms with Gasteiger partial charge >= 0.3 is 0 Å². The Hall–Kier alpha value is -2.95. The van der Waals surface area contributed by atoms with Crippen molar-refractivity contribution in [3.8, 4) is 11.4 Å². The Morgan fingerprint density at radius 1 is 1.06 bits per heavy atom. The minimum Gasteiger partial charge on any atom is -0.508 e. The maximum absolute atomic E-state index is 12.3. The maximum Gasteiger partial charge on any atom is 0.230 e. The first-order valence-electron chi connectivity index (χ1n) is 10.0. The summed E-state index contributed by atoms with van der Waals surface area (Å²) in [6.07, 6.45) is 0. The van der Waals surface area contributed by atoms with Gasteiger partial charge in [0.2, 0.25) is 11.1 Å². The molecule has 0 saturated carbocycles. The molecular formula is C21H24N6O3S. The van der Waals surface area contributed by atoms with Crippen molar-refractivity contribution in [3.05, 3.63) is 59.7 Å². The number of benzene rings is 2. The number of nitrogens with zero attached hydrogens (tertiary/aromatic N) is 5. The van der Waals surface area contributed by atoms with E-state index in [0.717, 1.165) is 38.4 Å². The van der Waals surface area contributed by atoms with Crippen LogP contribution in [0.4, 0.5) is 0 Å². The van der Waals surface area contributed by atoms with Crippen molar-refractivity contribution < 1.29 is 14.6 Å². The number of hydrogen-bond donors (Lipinski definition) is 2. The highest BCUT2D eigenvalue weighted by Crippen LogP contribution is 2.19. The fourth-order valence-electron chi connectivity index (χ4n) is 3.19. The third kappa shape index (κ3) is 6.03. The van der Waals surface area contributed by atoms with E-state index in [4.69, 9.17) is 4.74 Å². The number of aromatic nitrogens is 4. The van der Waals surface area contributed by atoms with Gasteiger partial charge in [0, 0.05) is 26.2 Å². The molecule has 2 heterocycles. The number of tetrazole rings is 1. The monoisotopic (exact) mass is 440 g/mol. The average Bonchev–Trinajstić information content (AvgIpc) is 3.27. The van der Waals surface area contributed by atoms with Crippen LogP contribution in [0.2, 0.25) is 0 Å². The number of ether oxygens (including phenoxy) is 1. The molecule has 0 spiro atoms. The zero-order valence-corrected chi connectivity index (χ0v) is 17.8. The third-order valence-electron chi connectivity index (χ3n) is 4.89. The van der Waals surface area contributed by atoms with Crippen LogP contribution in [0.3, 0.4) is 0 Å². The number of aromatic hydroxyl groups is 1. The summed E-state index contributed by atoms with van der Waals surface area (Å²) < 4.78 is 6.92. The van der Waals surface area contributed by atoms with Crippen LogP contribution in [0.5, 0.6) is 5.75 Å². The van der Waals surface area contributed by atoms with Crippen molar-refractivity contribution in [1.29, 1.82) is 0 Å². The number of thioether (sulfide) groups is 1. The molecule has 1 aromatic heterocycles. The lowest BCUT2D eigenvalue weighted by Gasteiger charge is -2.26. The van der Waals surface area contributed by atoms with E-state index in [1.807, 2.05) is 0 Å². The SMILES string of the molecule is O=C(CSc1nnnn1-c1ccc(O)cc1)NCc1ccc(CN2CCOCC2)cc1. The lowest BCUT2D eigenvalue weighted by molar-refractivity contribution is -0.118. The summed E-state index contributed by atoms with van der Waals surface area (Å²) in [5.41, 5.74) is 3.02. The molecule has 2 aromatic carbocycles. The van der Waals surface area contributed by atoms with Crippen LogP contribution >= 0.6 is 11.8 Å². The van der Waals surface area contributed by atoms with Gasteiger partial charge in [-0.3, -0.25) is 9.69 Å². The van der Waals surface area contributed by atoms with Gasteiger partial charge in [0.1, 0.15) is 5.75 Å². The molecule has 3 aromatic rings. The Balaban J connectivity index is 1.24. The molecule has 0 atom stereocenters. The molecule has 1 fully saturated rings. The van der Waals surface area contributed by atoms with Gasteiger partial charge in [0.05, 0.1) is 24.7 Å². The molecule has 1 amide bonds. The molecule has 31 heavy (non-hydrogen) atoms. The number of carbonyl (C=O) groups excluding carboxylic acids is 1. The van der Waals surface area contributed by atoms with E-state index in [9.17, 15) is 9.90 Å². The summed E-state index contributed by atoms with van der Waals surface area (Å²) in [5, 5.41) is 24.5. The van der Waals surface area contributed by atoms with Gasteiger partial charge < -0.3 is 15.2 Å². The van der Waals surface area contributed by atoms with Gasteiger partial charge in [-0.1, -0.05) is 36.0 Å². The molecule has 9 nitrogen and oxygen atoms in total. The number of morpholine rings is 1. The minimum absolute atomic E-state index is 0.0948. The van der Waals surface area contributed by atoms with Gasteiger partial charge in [-0.2, -0.15) is 4.68 Å². The first-order valence-corrected chi connectivity index (χ1v) is 11.0. The molecular weight excluding hydrogens is 416 g/mol. The smallest absolute Gasteiger partial charge is 0.230 e. The van der Waals surface area contributed by atoms with E-state index in [1.165, 1.54) is 22.0 Å². The molecule has 0 aliphatic carbocycles. The van der Waals surface area contributed by atoms with Crippen molar-refractivity contribution in [1.82, 2.24) is 30.4 Å². The van der Waals surface area contributed by atoms with E-state index >= 15 is 0 Å². The number of rotatable bonds is 8. The number of nitrogens with one attached hydrogen (secondary N) is 1. The summed E-state index contributed by atoms with van der Waals surface area (Å²) in [5.74, 6) is 0.273. The predicted octanol–water partition coefficient (Wildman–Crippen LogP) is 1.61. The Morgan fingerprint density at radius 3 is 2.52 bits per heavy atom. The van der Waals surface area contributed by atoms with E-state index in [-0.39, 0.29) is 17.4 Å². The van der Waals surface area contributed by atoms with E-state index in [2.05, 4.69) is 50.0 Å². The van der Waals surface area contributed by atoms with Gasteiger partial charge in [-0.15, -0.1) is 5.10 Å². The summed E-state index contributed by atoms with van der Waals surface area (Å²) in [4.78, 5) is 14.7. The quantitative estimate of drug-likeness (QED) is 0.509. The van der Waals surface area contributed by atoms with Gasteiger partial charge in [0.15, 0.2) is 0 Å². The number of hydrogen-bond acceptors (Lipinski definition) is 8. The Labute approximate surface area is 184 Å². The van der Waals surface area contributed by atoms with Crippen LogP contribution in [0.15, 0.2) is 53.7 Å². The molecule has 162 valence electrons. The van der Waals surface area contributed by atoms with E-state index < -0.39 is 0 Å². The third-order valence-corrected chi connectivity index (χ3v) is 5.81. The normalized spacial score (nSPS) is 14.5. The average molecular weight is 441 g/mol. The van der Waals surface area contributed by atoms with Crippen molar-refractivity contribution in [3.63, 3.8) is 0 Å². The van der Waals surface area contributed by atoms with Gasteiger partial charge in [-0.25, -0.2) is 0 Å². The first-order chi connectivity index (χ1) is 15.2. The van der Waals surface area contributed by atoms with Crippen molar-refractivity contribution in [2.75, 3.05) is 32.1 Å². The maximum atomic E-state index is 12.3. The summed E-state index contributed by atoms with van der Waals surface area (Å²) in [6.45, 7) is 4.91. The fraction of sp³-hybridized carbons (Fsp3) is 0.333. The van der Waals surface area contributed by atoms with Crippen LogP contribution in [-0.4, -0.2) is 68.2 Å². The van der Waals surface area contributed by atoms with Crippen LogP contribution in [-0.2, 0) is 22.6 Å². The molecule has 4 rings (SSSR count). The molecule has 1 aliphatic heterocycles. The lowest BCUT2D eigenvalue weighted by atomic mass is 10.1. The Bertz CT molecular complexity index is 987. The summed E-state index contributed by atoms with van der Waals surface area (Å²) in [6, 6.07) is 14.9. The first kappa shape index (κ1) is 21.3. The molecule has 0 bridgehead atoms. The van der Waals surface area contributed by atoms with Crippen LogP contribution in [0.25, 0.3) is 5.69 Å². The molecule has 10 heteroatoms. The second kappa shape index (κ2) is 10.4. The minimum atomic E-state index is -0.0948. The van der Waals surface area contributed by atoms with Crippen LogP contribution in [0.1, 0.15) is 11.1 Å². The molecule has 2 N–H and O–H groups in total. The zero-order chi connectivity index (χ0) is 21.5. The molecule has 1 aliphatic rings. The number of carbonyl (C=O) groups is 1. The van der Waals surface area contributed by atoms with Crippen LogP contribution in [0, 0.1) is 0 Å². The number of phenolic OH excluding ortho intramolecular Hbond substituents is 1. The highest BCUT2D eigenvalue weighted by atomic mass is 32.2. The van der Waals surface area contributed by atoms with Crippen molar-refractivity contribution in [2.45, 2.75) is 18.2 Å². The van der Waals surface area contributed by atoms with Crippen molar-refractivity contribution in [2.24, 2.45) is 0 Å². The highest BCUT2D eigenvalue weighted by molar-refractivity contribution is 7.99. The highest BCUT2D eigenvalue weighted by Gasteiger charge is 2.12. The molecule has 0 unspecified atom stereocenters. The summed E-state index contributed by atoms with van der Waals surface area (Å²) in [7, 11) is 0. The molecule has 1 saturated heterocycles. The second-order valence-electron chi connectivity index (χ2n) is 7.16. The Morgan fingerprint density at radius 2 is 1.77 bits per heavy atom. The predicted molar refractivity (Wildman–Crippen MR) is 116 cm³/mol. The topological polar surface area (TPSA) is 105 Å². The fourth-order valence-corrected chi connectivity index (χ4v) is 3.91. The van der Waals surface area contributed by atoms with Gasteiger partial charge in [-0.05, 0) is 45.8 Å². The summed E-state index contributed by atoms with van der Waals surface area (Å²) >= 11 is 1.25. The standard InChI is InChI=1S/C21H24N6O3S/c28-19-7-5-18(6-8-19)27-21(23-24-25-27)31-15-20(29)22-13-16-1-3-17(4-2-16)14-26-9-11-30-12-10-26/h1-8,28H,9-15H2,(H,22,29). The molecule has 0 radical (unpaired) electrons. The van der Waals surface area contributed by atoms with Crippen molar-refractivity contribution >= 4 is 17.7 Å². The number of amides is 1. The van der Waals surface area contributed by atoms with E-state index in [1.54, 1.807) is 24.3 Å². The van der Waals surface area contributed by atoms with Crippen LogP contribution < -0.4 is 5.32 Å². The number of phenols is 1. The van der Waals surface area contributed by atoms with Gasteiger partial charge in [0.25, 0.3) is 0 Å². The lowest BCUT2D eigenvalue weighted by Crippen LogP contribution is -2.35. The zero-order valence-electron chi connectivity index (χ0n) is 17.0. The second-order valence-corrected chi connectivity index (χ2v) is 8.10. The largest absolute Gasteiger partial charge is 0.508 e.